The molecule has 19 N–H and O–H groups in total. The number of nitrogens with zero attached hydrogens (tertiary/aromatic N) is 1. The number of amides is 7. The molecule has 7 amide bonds. The number of aliphatic imine (C=N–C) groups is 1. The molecule has 0 aliphatic heterocycles. The van der Waals surface area contributed by atoms with E-state index in [1.165, 1.54) is 0 Å². The fraction of sp³-hybridized carbons (Fsp3) is 0.532. The van der Waals surface area contributed by atoms with Gasteiger partial charge in [-0.2, -0.15) is 0 Å². The number of benzene rings is 2. The summed E-state index contributed by atoms with van der Waals surface area (Å²) in [5, 5.41) is 17.2. The zero-order valence-electron chi connectivity index (χ0n) is 39.5. The van der Waals surface area contributed by atoms with Gasteiger partial charge in [-0.25, -0.2) is 0 Å². The van der Waals surface area contributed by atoms with Crippen LogP contribution in [0.4, 0.5) is 0 Å². The Morgan fingerprint density at radius 2 is 1.09 bits per heavy atom. The van der Waals surface area contributed by atoms with Gasteiger partial charge in [0.1, 0.15) is 30.2 Å². The van der Waals surface area contributed by atoms with E-state index in [1.54, 1.807) is 13.1 Å². The number of nitrogens with one attached hydrogen (secondary N) is 7. The Balaban J connectivity index is 1.88. The molecular weight excluding hydrogens is 1000 g/mol. The van der Waals surface area contributed by atoms with Gasteiger partial charge in [0.15, 0.2) is 5.96 Å². The quantitative estimate of drug-likeness (QED) is 0.0161. The average Bonchev–Trinajstić information content (AvgIpc) is 3.73. The predicted molar refractivity (Wildman–Crippen MR) is 275 cm³/mol. The Hall–Kier alpha value is -5.85. The number of primary amides is 1. The Morgan fingerprint density at radius 1 is 0.594 bits per heavy atom. The van der Waals surface area contributed by atoms with Crippen LogP contribution in [-0.2, 0) is 46.4 Å². The minimum atomic E-state index is -1.28. The van der Waals surface area contributed by atoms with Crippen molar-refractivity contribution < 1.29 is 33.6 Å². The molecule has 0 spiro atoms. The lowest BCUT2D eigenvalue weighted by atomic mass is 10.0. The Morgan fingerprint density at radius 3 is 1.64 bits per heavy atom. The highest BCUT2D eigenvalue weighted by Crippen LogP contribution is 2.20. The van der Waals surface area contributed by atoms with Gasteiger partial charge in [-0.3, -0.25) is 38.6 Å². The van der Waals surface area contributed by atoms with Crippen molar-refractivity contribution in [2.24, 2.45) is 45.3 Å². The molecule has 3 rings (SSSR count). The molecule has 3 aromatic rings. The summed E-state index contributed by atoms with van der Waals surface area (Å²) in [5.41, 5.74) is 36.3. The first-order valence-corrected chi connectivity index (χ1v) is 24.7. The van der Waals surface area contributed by atoms with Gasteiger partial charge in [0, 0.05) is 39.6 Å². The molecule has 22 heteroatoms. The zero-order valence-corrected chi connectivity index (χ0v) is 41.7. The van der Waals surface area contributed by atoms with Gasteiger partial charge in [-0.1, -0.05) is 37.3 Å². The molecule has 0 fully saturated rings. The summed E-state index contributed by atoms with van der Waals surface area (Å²) >= 11 is 2.20. The number of guanidine groups is 1. The van der Waals surface area contributed by atoms with Crippen LogP contribution in [0.15, 0.2) is 59.7 Å². The molecule has 69 heavy (non-hydrogen) atoms. The van der Waals surface area contributed by atoms with E-state index < -0.39 is 78.1 Å². The second-order valence-electron chi connectivity index (χ2n) is 17.1. The Bertz CT molecular complexity index is 2150. The van der Waals surface area contributed by atoms with E-state index >= 15 is 0 Å². The van der Waals surface area contributed by atoms with Crippen molar-refractivity contribution in [3.05, 3.63) is 69.4 Å². The summed E-state index contributed by atoms with van der Waals surface area (Å²) in [6.07, 6.45) is 6.10. The first-order valence-electron chi connectivity index (χ1n) is 23.6. The summed E-state index contributed by atoms with van der Waals surface area (Å²) in [5.74, 6) is -5.08. The number of aromatic amines is 1. The van der Waals surface area contributed by atoms with E-state index in [0.29, 0.717) is 70.1 Å². The lowest BCUT2D eigenvalue weighted by Crippen LogP contribution is -2.59. The maximum atomic E-state index is 14.4. The van der Waals surface area contributed by atoms with Gasteiger partial charge < -0.3 is 71.3 Å². The van der Waals surface area contributed by atoms with Crippen LogP contribution in [-0.4, -0.2) is 115 Å². The topological polar surface area (TPSA) is 376 Å². The minimum Gasteiger partial charge on any atom is -0.370 e. The fourth-order valence-electron chi connectivity index (χ4n) is 7.55. The third-order valence-corrected chi connectivity index (χ3v) is 12.1. The van der Waals surface area contributed by atoms with Crippen LogP contribution in [0.1, 0.15) is 88.7 Å². The van der Waals surface area contributed by atoms with E-state index in [4.69, 9.17) is 34.4 Å². The summed E-state index contributed by atoms with van der Waals surface area (Å²) in [4.78, 5) is 103. The lowest BCUT2D eigenvalue weighted by molar-refractivity contribution is -0.135. The van der Waals surface area contributed by atoms with E-state index in [1.807, 2.05) is 48.5 Å². The molecule has 0 saturated carbocycles. The van der Waals surface area contributed by atoms with Crippen molar-refractivity contribution in [3.63, 3.8) is 0 Å². The molecule has 1 aromatic heterocycles. The molecule has 0 aliphatic carbocycles. The van der Waals surface area contributed by atoms with E-state index in [0.717, 1.165) is 20.0 Å². The van der Waals surface area contributed by atoms with Gasteiger partial charge in [-0.05, 0) is 149 Å². The minimum absolute atomic E-state index is 0.0241. The second-order valence-corrected chi connectivity index (χ2v) is 18.3. The summed E-state index contributed by atoms with van der Waals surface area (Å²) in [7, 11) is 0. The molecule has 0 saturated heterocycles. The number of carbonyl (C=O) groups excluding carboxylic acids is 7. The molecule has 0 unspecified atom stereocenters. The fourth-order valence-corrected chi connectivity index (χ4v) is 7.91. The third-order valence-electron chi connectivity index (χ3n) is 11.4. The van der Waals surface area contributed by atoms with E-state index in [-0.39, 0.29) is 56.9 Å². The highest BCUT2D eigenvalue weighted by Gasteiger charge is 2.33. The number of nitrogens with two attached hydrogens (primary N) is 6. The lowest BCUT2D eigenvalue weighted by Gasteiger charge is -2.27. The van der Waals surface area contributed by atoms with Gasteiger partial charge in [-0.15, -0.1) is 0 Å². The average molecular weight is 1070 g/mol. The number of aromatic nitrogens is 1. The highest BCUT2D eigenvalue weighted by molar-refractivity contribution is 14.1. The SMILES string of the molecule is C[C@@H](Cc1ccc(I)cc1)C(=O)NCC(=O)N[C@@H](CCCN=C(N)N)C(=O)N[C@@H](CCCCN)C(=O)N[C@@H](Cc1c[nH]c2ccccc12)C(=O)N[C@@H](CCCCN)C(=O)N[C@@H](CCCCN)C(N)=O. The molecule has 0 bridgehead atoms. The van der Waals surface area contributed by atoms with Crippen molar-refractivity contribution >= 4 is 80.8 Å². The van der Waals surface area contributed by atoms with E-state index in [9.17, 15) is 33.6 Å². The smallest absolute Gasteiger partial charge is 0.243 e. The summed E-state index contributed by atoms with van der Waals surface area (Å²) < 4.78 is 1.06. The first-order chi connectivity index (χ1) is 33.1. The Kier molecular flexibility index (Phi) is 26.1. The van der Waals surface area contributed by atoms with Crippen LogP contribution < -0.4 is 66.3 Å². The predicted octanol–water partition coefficient (Wildman–Crippen LogP) is -0.340. The number of rotatable bonds is 33. The van der Waals surface area contributed by atoms with Gasteiger partial charge in [0.25, 0.3) is 0 Å². The highest BCUT2D eigenvalue weighted by atomic mass is 127. The first kappa shape index (κ1) is 57.5. The van der Waals surface area contributed by atoms with Crippen LogP contribution in [0.3, 0.4) is 0 Å². The number of H-pyrrole nitrogens is 1. The number of unbranched alkanes of at least 4 members (excludes halogenated alkanes) is 3. The molecule has 0 radical (unpaired) electrons. The van der Waals surface area contributed by atoms with Crippen molar-refractivity contribution in [3.8, 4) is 0 Å². The van der Waals surface area contributed by atoms with Crippen molar-refractivity contribution in [2.45, 2.75) is 121 Å². The second kappa shape index (κ2) is 31.3. The zero-order chi connectivity index (χ0) is 50.7. The standard InChI is InChI=1S/C47H73IN14O7/c1-29(25-30-17-19-32(48)20-18-30)42(65)57-28-40(63)58-36(16-10-24-55-47(53)54)43(66)60-38(15-6-9-23-51)45(68)62-39(26-31-27-56-34-12-3-2-11-33(31)34)46(69)61-37(14-5-8-22-50)44(67)59-35(41(52)64)13-4-7-21-49/h2-3,11-12,17-20,27,29,35-39,56H,4-10,13-16,21-26,28,49-51H2,1H3,(H2,52,64)(H,57,65)(H,58,63)(H,59,67)(H,60,66)(H,61,69)(H,62,68)(H4,53,54,55)/t29-,35-,36-,37-,38-,39-/m0/s1. The molecular formula is C47H73IN14O7. The largest absolute Gasteiger partial charge is 0.370 e. The number of fused-ring (bicyclic) bond motifs is 1. The van der Waals surface area contributed by atoms with E-state index in [2.05, 4.69) is 64.5 Å². The van der Waals surface area contributed by atoms with Crippen molar-refractivity contribution in [2.75, 3.05) is 32.7 Å². The van der Waals surface area contributed by atoms with Crippen LogP contribution in [0.5, 0.6) is 0 Å². The molecule has 380 valence electrons. The van der Waals surface area contributed by atoms with Gasteiger partial charge >= 0.3 is 0 Å². The van der Waals surface area contributed by atoms with Gasteiger partial charge in [0.2, 0.25) is 41.4 Å². The van der Waals surface area contributed by atoms with Crippen LogP contribution in [0.25, 0.3) is 10.9 Å². The van der Waals surface area contributed by atoms with Crippen molar-refractivity contribution in [1.29, 1.82) is 0 Å². The maximum Gasteiger partial charge on any atom is 0.243 e. The van der Waals surface area contributed by atoms with Crippen LogP contribution in [0.2, 0.25) is 0 Å². The monoisotopic (exact) mass is 1070 g/mol. The summed E-state index contributed by atoms with van der Waals surface area (Å²) in [6, 6.07) is 9.37. The molecule has 21 nitrogen and oxygen atoms in total. The number of para-hydroxylation sites is 1. The molecule has 1 heterocycles. The van der Waals surface area contributed by atoms with Crippen LogP contribution in [0, 0.1) is 9.49 Å². The third kappa shape index (κ3) is 21.1. The molecule has 2 aromatic carbocycles. The maximum absolute atomic E-state index is 14.4. The summed E-state index contributed by atoms with van der Waals surface area (Å²) in [6.45, 7) is 2.52. The Labute approximate surface area is 417 Å². The number of halogens is 1. The molecule has 0 aliphatic rings. The van der Waals surface area contributed by atoms with Crippen LogP contribution >= 0.6 is 22.6 Å². The number of hydrogen-bond acceptors (Lipinski definition) is 11. The van der Waals surface area contributed by atoms with Gasteiger partial charge in [0.05, 0.1) is 6.54 Å². The molecule has 6 atom stereocenters. The number of carbonyl (C=O) groups is 7. The normalized spacial score (nSPS) is 13.7. The number of hydrogen-bond donors (Lipinski definition) is 13. The van der Waals surface area contributed by atoms with Crippen molar-refractivity contribution in [1.82, 2.24) is 36.9 Å².